The Labute approximate surface area is 444 Å². The third-order valence-electron chi connectivity index (χ3n) is 12.8. The quantitative estimate of drug-likeness (QED) is 0.0716. The second-order valence-electron chi connectivity index (χ2n) is 18.1. The van der Waals surface area contributed by atoms with Crippen LogP contribution in [-0.4, -0.2) is 103 Å². The van der Waals surface area contributed by atoms with E-state index in [0.29, 0.717) is 22.8 Å². The Bertz CT molecular complexity index is 2500. The summed E-state index contributed by atoms with van der Waals surface area (Å²) in [5.74, 6) is 1.04. The first kappa shape index (κ1) is 57.5. The van der Waals surface area contributed by atoms with E-state index in [-0.39, 0.29) is 36.8 Å². The van der Waals surface area contributed by atoms with E-state index >= 15 is 0 Å². The highest BCUT2D eigenvalue weighted by Crippen LogP contribution is 2.37. The molecule has 6 aromatic rings. The first-order chi connectivity index (χ1) is 35.1. The zero-order valence-electron chi connectivity index (χ0n) is 41.0. The molecule has 2 fully saturated rings. The lowest BCUT2D eigenvalue weighted by Crippen LogP contribution is -2.40. The van der Waals surface area contributed by atoms with Crippen molar-refractivity contribution in [1.29, 1.82) is 0 Å². The Balaban J connectivity index is 0.000000200. The second-order valence-corrected chi connectivity index (χ2v) is 19.8. The fourth-order valence-corrected chi connectivity index (χ4v) is 9.65. The largest absolute Gasteiger partial charge is 0.492 e. The summed E-state index contributed by atoms with van der Waals surface area (Å²) in [6.07, 6.45) is -0.531. The van der Waals surface area contributed by atoms with Crippen molar-refractivity contribution in [3.8, 4) is 11.5 Å². The van der Waals surface area contributed by atoms with Gasteiger partial charge in [0.1, 0.15) is 18.1 Å². The topological polar surface area (TPSA) is 66.0 Å². The number of rotatable bonds is 17. The van der Waals surface area contributed by atoms with Crippen LogP contribution in [0, 0.1) is 11.8 Å². The predicted molar refractivity (Wildman–Crippen MR) is 283 cm³/mol. The van der Waals surface area contributed by atoms with Crippen LogP contribution in [0.5, 0.6) is 11.5 Å². The number of halogens is 9. The number of nitrogens with one attached hydrogen (secondary N) is 1. The van der Waals surface area contributed by atoms with Crippen LogP contribution in [-0.2, 0) is 12.4 Å². The second kappa shape index (κ2) is 28.8. The van der Waals surface area contributed by atoms with Gasteiger partial charge in [0, 0.05) is 47.4 Å². The first-order valence-electron chi connectivity index (χ1n) is 24.4. The Kier molecular flexibility index (Phi) is 22.7. The molecule has 2 aromatic heterocycles. The number of alkyl halides is 7. The van der Waals surface area contributed by atoms with E-state index in [9.17, 15) is 26.3 Å². The Morgan fingerprint density at radius 1 is 0.589 bits per heavy atom. The summed E-state index contributed by atoms with van der Waals surface area (Å²) in [5.41, 5.74) is 3.01. The number of piperidine rings is 2. The molecule has 1 N–H and O–H groups in total. The van der Waals surface area contributed by atoms with Gasteiger partial charge in [-0.2, -0.15) is 26.3 Å². The molecule has 8 nitrogen and oxygen atoms in total. The maximum absolute atomic E-state index is 13.2. The van der Waals surface area contributed by atoms with Gasteiger partial charge < -0.3 is 14.8 Å². The monoisotopic (exact) mass is 1110 g/mol. The van der Waals surface area contributed by atoms with Crippen LogP contribution >= 0.6 is 39.1 Å². The van der Waals surface area contributed by atoms with Crippen molar-refractivity contribution < 1.29 is 35.8 Å². The van der Waals surface area contributed by atoms with Gasteiger partial charge in [-0.1, -0.05) is 99.8 Å². The van der Waals surface area contributed by atoms with Crippen LogP contribution in [0.3, 0.4) is 0 Å². The van der Waals surface area contributed by atoms with Crippen molar-refractivity contribution in [3.05, 3.63) is 190 Å². The van der Waals surface area contributed by atoms with E-state index in [1.807, 2.05) is 54.9 Å². The Morgan fingerprint density at radius 3 is 1.41 bits per heavy atom. The highest BCUT2D eigenvalue weighted by Gasteiger charge is 2.35. The number of likely N-dealkylation sites (tertiary alicyclic amines) is 1. The van der Waals surface area contributed by atoms with Crippen LogP contribution in [0.15, 0.2) is 146 Å². The van der Waals surface area contributed by atoms with Gasteiger partial charge in [-0.25, -0.2) is 0 Å². The van der Waals surface area contributed by atoms with Crippen molar-refractivity contribution in [2.24, 2.45) is 11.8 Å². The average molecular weight is 1120 g/mol. The zero-order chi connectivity index (χ0) is 52.2. The van der Waals surface area contributed by atoms with Gasteiger partial charge >= 0.3 is 12.4 Å². The van der Waals surface area contributed by atoms with Gasteiger partial charge in [0.2, 0.25) is 0 Å². The number of nitrogens with zero attached hydrogens (tertiary/aromatic N) is 5. The normalized spacial score (nSPS) is 15.7. The van der Waals surface area contributed by atoms with Crippen LogP contribution in [0.25, 0.3) is 0 Å². The summed E-state index contributed by atoms with van der Waals surface area (Å²) in [6, 6.07) is 38.9. The van der Waals surface area contributed by atoms with Gasteiger partial charge in [0.05, 0.1) is 41.2 Å². The highest BCUT2D eigenvalue weighted by molar-refractivity contribution is 9.09. The van der Waals surface area contributed by atoms with Crippen molar-refractivity contribution in [3.63, 3.8) is 0 Å². The fraction of sp³-hybridized carbons (Fsp3) is 0.393. The van der Waals surface area contributed by atoms with Gasteiger partial charge in [-0.15, -0.1) is 0 Å². The molecule has 4 aromatic carbocycles. The zero-order valence-corrected chi connectivity index (χ0v) is 44.1. The lowest BCUT2D eigenvalue weighted by molar-refractivity contribution is -0.139. The molecule has 2 aliphatic rings. The SMILES string of the molecule is CN(CC1CCN(CCOc2ccccc2C(F)(F)F)CC1)C(c1ccc(Cl)cc1)c1ccccn1.CN(CC1CCNCC1)C(c1ccc(Cl)cc1)c1ccccn1.FC(F)(F)c1ccccc1OCCBr. The summed E-state index contributed by atoms with van der Waals surface area (Å²) in [5, 5.41) is 5.42. The summed E-state index contributed by atoms with van der Waals surface area (Å²) in [4.78, 5) is 16.3. The van der Waals surface area contributed by atoms with Crippen LogP contribution in [0.4, 0.5) is 26.3 Å². The fourth-order valence-electron chi connectivity index (χ4n) is 9.24. The molecular weight excluding hydrogens is 1050 g/mol. The molecule has 0 saturated carbocycles. The van der Waals surface area contributed by atoms with E-state index in [4.69, 9.17) is 32.7 Å². The molecule has 4 heterocycles. The molecule has 2 saturated heterocycles. The maximum atomic E-state index is 13.2. The Morgan fingerprint density at radius 2 is 1.00 bits per heavy atom. The van der Waals surface area contributed by atoms with Crippen LogP contribution < -0.4 is 14.8 Å². The molecule has 2 unspecified atom stereocenters. The molecular formula is C56H63BrCl2F6N6O2. The smallest absolute Gasteiger partial charge is 0.419 e. The molecule has 73 heavy (non-hydrogen) atoms. The highest BCUT2D eigenvalue weighted by atomic mass is 79.9. The lowest BCUT2D eigenvalue weighted by atomic mass is 9.94. The van der Waals surface area contributed by atoms with E-state index in [0.717, 1.165) is 92.1 Å². The number of pyridine rings is 2. The summed E-state index contributed by atoms with van der Waals surface area (Å²) < 4.78 is 87.1. The average Bonchev–Trinajstić information content (AvgIpc) is 3.38. The standard InChI is InChI=1S/C28H31ClF3N3O.C19H24ClN3.C9H8BrF3O/c1-34(27(25-7-4-5-15-33-25)22-9-11-23(29)12-10-22)20-21-13-16-35(17-14-21)18-19-36-26-8-3-2-6-24(26)28(30,31)32;1-23(14-15-9-12-21-13-10-15)19(18-4-2-3-11-22-18)16-5-7-17(20)8-6-16;10-5-6-14-8-4-2-1-3-7(8)9(11,12)13/h2-12,15,21,27H,13-14,16-20H2,1H3;2-8,11,15,19,21H,9-10,12-14H2,1H3;1-4H,5-6H2. The number of ether oxygens (including phenoxy) is 2. The lowest BCUT2D eigenvalue weighted by Gasteiger charge is -2.36. The molecule has 392 valence electrons. The van der Waals surface area contributed by atoms with Gasteiger partial charge in [0.15, 0.2) is 0 Å². The van der Waals surface area contributed by atoms with E-state index < -0.39 is 23.5 Å². The number of para-hydroxylation sites is 2. The molecule has 2 aliphatic heterocycles. The van der Waals surface area contributed by atoms with E-state index in [2.05, 4.69) is 102 Å². The summed E-state index contributed by atoms with van der Waals surface area (Å²) in [7, 11) is 4.34. The number of benzene rings is 4. The summed E-state index contributed by atoms with van der Waals surface area (Å²) in [6.45, 7) is 7.13. The molecule has 0 bridgehead atoms. The third-order valence-corrected chi connectivity index (χ3v) is 13.7. The minimum atomic E-state index is -4.42. The first-order valence-corrected chi connectivity index (χ1v) is 26.3. The number of aromatic nitrogens is 2. The maximum Gasteiger partial charge on any atom is 0.419 e. The molecule has 8 rings (SSSR count). The summed E-state index contributed by atoms with van der Waals surface area (Å²) >= 11 is 15.3. The van der Waals surface area contributed by atoms with E-state index in [1.54, 1.807) is 6.07 Å². The predicted octanol–water partition coefficient (Wildman–Crippen LogP) is 13.8. The molecule has 0 aliphatic carbocycles. The van der Waals surface area contributed by atoms with Crippen LogP contribution in [0.2, 0.25) is 10.0 Å². The van der Waals surface area contributed by atoms with Crippen molar-refractivity contribution >= 4 is 39.1 Å². The van der Waals surface area contributed by atoms with Crippen LogP contribution in [0.1, 0.15) is 71.4 Å². The third kappa shape index (κ3) is 18.3. The van der Waals surface area contributed by atoms with Gasteiger partial charge in [-0.3, -0.25) is 24.7 Å². The minimum Gasteiger partial charge on any atom is -0.492 e. The van der Waals surface area contributed by atoms with Crippen molar-refractivity contribution in [2.75, 3.05) is 78.5 Å². The Hall–Kier alpha value is -4.74. The number of hydrogen-bond donors (Lipinski definition) is 1. The van der Waals surface area contributed by atoms with Crippen molar-refractivity contribution in [2.45, 2.75) is 50.1 Å². The molecule has 0 spiro atoms. The van der Waals surface area contributed by atoms with Gasteiger partial charge in [0.25, 0.3) is 0 Å². The van der Waals surface area contributed by atoms with Gasteiger partial charge in [-0.05, 0) is 162 Å². The molecule has 0 radical (unpaired) electrons. The molecule has 17 heteroatoms. The minimum absolute atomic E-state index is 0.0311. The van der Waals surface area contributed by atoms with Crippen molar-refractivity contribution in [1.82, 2.24) is 30.0 Å². The molecule has 0 amide bonds. The molecule has 2 atom stereocenters. The van der Waals surface area contributed by atoms with E-state index in [1.165, 1.54) is 48.7 Å². The number of hydrogen-bond acceptors (Lipinski definition) is 8.